The summed E-state index contributed by atoms with van der Waals surface area (Å²) in [5.74, 6) is -8.24. The van der Waals surface area contributed by atoms with Crippen molar-refractivity contribution in [2.45, 2.75) is 64.8 Å². The van der Waals surface area contributed by atoms with Crippen LogP contribution in [0.5, 0.6) is 23.0 Å². The Kier molecular flexibility index (Phi) is 14.1. The van der Waals surface area contributed by atoms with E-state index in [4.69, 9.17) is 53.1 Å². The van der Waals surface area contributed by atoms with Crippen LogP contribution in [0.4, 0.5) is 0 Å². The summed E-state index contributed by atoms with van der Waals surface area (Å²) in [5, 5.41) is 61.4. The van der Waals surface area contributed by atoms with Crippen LogP contribution in [0.15, 0.2) is 36.4 Å². The first-order valence-corrected chi connectivity index (χ1v) is 16.4. The minimum atomic E-state index is -1.69. The van der Waals surface area contributed by atoms with E-state index in [1.165, 1.54) is 12.1 Å². The summed E-state index contributed by atoms with van der Waals surface area (Å²) in [6.07, 6.45) is -1.93. The van der Waals surface area contributed by atoms with Gasteiger partial charge in [0.1, 0.15) is 33.9 Å². The van der Waals surface area contributed by atoms with Gasteiger partial charge in [0.2, 0.25) is 0 Å². The number of carbonyl (C=O) groups excluding carboxylic acids is 2. The molecule has 2 amide bonds. The second kappa shape index (κ2) is 18.1. The Morgan fingerprint density at radius 3 is 1.22 bits per heavy atom. The number of halogens is 2. The van der Waals surface area contributed by atoms with Gasteiger partial charge in [-0.2, -0.15) is 0 Å². The highest BCUT2D eigenvalue weighted by atomic mass is 35.5. The van der Waals surface area contributed by atoms with Gasteiger partial charge >= 0.3 is 23.9 Å². The van der Waals surface area contributed by atoms with E-state index in [1.54, 1.807) is 24.3 Å². The number of amides is 2. The first kappa shape index (κ1) is 42.3. The van der Waals surface area contributed by atoms with E-state index in [0.717, 1.165) is 0 Å². The number of carbonyl (C=O) groups is 6. The molecule has 0 aliphatic rings. The number of fused-ring (bicyclic) bond motifs is 2. The largest absolute Gasteiger partial charge is 0.505 e. The van der Waals surface area contributed by atoms with E-state index in [2.05, 4.69) is 9.97 Å². The lowest BCUT2D eigenvalue weighted by Gasteiger charge is -2.15. The first-order chi connectivity index (χ1) is 25.2. The van der Waals surface area contributed by atoms with Crippen LogP contribution in [-0.4, -0.2) is 101 Å². The van der Waals surface area contributed by atoms with Gasteiger partial charge in [-0.3, -0.25) is 19.2 Å². The zero-order valence-corrected chi connectivity index (χ0v) is 30.3. The van der Waals surface area contributed by atoms with Crippen molar-refractivity contribution < 1.29 is 68.9 Å². The first-order valence-electron chi connectivity index (χ1n) is 15.7. The Morgan fingerprint density at radius 2 is 0.944 bits per heavy atom. The number of hydrogen-bond acceptors (Lipinski definition) is 12. The van der Waals surface area contributed by atoms with Crippen LogP contribution >= 0.6 is 23.2 Å². The van der Waals surface area contributed by atoms with Gasteiger partial charge in [-0.1, -0.05) is 23.2 Å². The number of aromatic nitrogens is 2. The maximum Gasteiger partial charge on any atom is 0.326 e. The molecule has 0 fully saturated rings. The average molecular weight is 794 g/mol. The summed E-state index contributed by atoms with van der Waals surface area (Å²) in [4.78, 5) is 76.0. The van der Waals surface area contributed by atoms with Crippen LogP contribution in [0.2, 0.25) is 10.3 Å². The lowest BCUT2D eigenvalue weighted by Crippen LogP contribution is -2.42. The molecule has 0 spiro atoms. The van der Waals surface area contributed by atoms with Crippen LogP contribution in [-0.2, 0) is 19.2 Å². The minimum Gasteiger partial charge on any atom is -0.505 e. The van der Waals surface area contributed by atoms with Gasteiger partial charge in [0.25, 0.3) is 11.8 Å². The molecule has 54 heavy (non-hydrogen) atoms. The smallest absolute Gasteiger partial charge is 0.326 e. The molecule has 2 atom stereocenters. The zero-order valence-electron chi connectivity index (χ0n) is 28.8. The summed E-state index contributed by atoms with van der Waals surface area (Å²) in [6.45, 7) is 7.27. The van der Waals surface area contributed by atoms with E-state index < -0.39 is 83.5 Å². The van der Waals surface area contributed by atoms with Crippen LogP contribution < -0.4 is 20.1 Å². The third-order valence-corrected chi connectivity index (χ3v) is 7.52. The second-order valence-electron chi connectivity index (χ2n) is 11.9. The van der Waals surface area contributed by atoms with Gasteiger partial charge in [-0.05, 0) is 64.1 Å². The van der Waals surface area contributed by atoms with Gasteiger partial charge in [0, 0.05) is 21.5 Å². The number of ether oxygens (including phenoxy) is 2. The molecule has 288 valence electrons. The molecule has 0 bridgehead atoms. The molecular weight excluding hydrogens is 759 g/mol. The normalized spacial score (nSPS) is 12.0. The molecule has 8 N–H and O–H groups in total. The van der Waals surface area contributed by atoms with Crippen molar-refractivity contribution in [3.63, 3.8) is 0 Å². The number of pyridine rings is 2. The van der Waals surface area contributed by atoms with Crippen molar-refractivity contribution in [2.24, 2.45) is 0 Å². The number of hydrogen-bond donors (Lipinski definition) is 8. The maximum absolute atomic E-state index is 12.3. The Labute approximate surface area is 315 Å². The number of aliphatic carboxylic acids is 4. The number of nitrogens with one attached hydrogen (secondary N) is 2. The number of rotatable bonds is 14. The van der Waals surface area contributed by atoms with Gasteiger partial charge in [-0.25, -0.2) is 19.6 Å². The molecule has 0 aliphatic carbocycles. The van der Waals surface area contributed by atoms with Crippen LogP contribution in [0.3, 0.4) is 0 Å². The van der Waals surface area contributed by atoms with E-state index >= 15 is 0 Å². The Hall–Kier alpha value is -6.14. The third kappa shape index (κ3) is 10.9. The standard InChI is InChI=1S/2C17H17ClN2O7/c2*1-7(2)27-8-3-4-9-10(5-8)14(23)13(20-15(9)18)16(24)19-11(17(25)26)6-12(21)22/h2*3-5,7,11,23H,6H2,1-2H3,(H,19,24)(H,21,22)(H,25,26)/t2*11-/m10/s1. The summed E-state index contributed by atoms with van der Waals surface area (Å²) < 4.78 is 11.1. The second-order valence-corrected chi connectivity index (χ2v) is 12.6. The van der Waals surface area contributed by atoms with E-state index in [1.807, 2.05) is 38.3 Å². The fourth-order valence-corrected chi connectivity index (χ4v) is 5.18. The molecule has 2 aromatic heterocycles. The molecular formula is C34H34Cl2N4O14. The summed E-state index contributed by atoms with van der Waals surface area (Å²) >= 11 is 12.1. The number of nitrogens with zero attached hydrogens (tertiary/aromatic N) is 2. The average Bonchev–Trinajstić information content (AvgIpc) is 3.06. The molecule has 20 heteroatoms. The quantitative estimate of drug-likeness (QED) is 0.0835. The van der Waals surface area contributed by atoms with Crippen LogP contribution in [0.25, 0.3) is 21.5 Å². The highest BCUT2D eigenvalue weighted by molar-refractivity contribution is 6.35. The molecule has 2 aromatic carbocycles. The number of aromatic hydroxyl groups is 2. The molecule has 18 nitrogen and oxygen atoms in total. The number of carboxylic acids is 4. The fraction of sp³-hybridized carbons (Fsp3) is 0.294. The van der Waals surface area contributed by atoms with Crippen LogP contribution in [0.1, 0.15) is 61.5 Å². The minimum absolute atomic E-state index is 0.0887. The highest BCUT2D eigenvalue weighted by Crippen LogP contribution is 2.36. The molecule has 0 radical (unpaired) electrons. The predicted molar refractivity (Wildman–Crippen MR) is 191 cm³/mol. The molecule has 2 heterocycles. The van der Waals surface area contributed by atoms with Crippen LogP contribution in [0, 0.1) is 0 Å². The Morgan fingerprint density at radius 1 is 0.611 bits per heavy atom. The Bertz CT molecular complexity index is 1980. The third-order valence-electron chi connectivity index (χ3n) is 6.94. The molecule has 0 aliphatic heterocycles. The van der Waals surface area contributed by atoms with Gasteiger partial charge in [-0.15, -0.1) is 0 Å². The Balaban J connectivity index is 0.000000290. The van der Waals surface area contributed by atoms with E-state index in [9.17, 15) is 39.0 Å². The molecule has 0 unspecified atom stereocenters. The molecule has 4 rings (SSSR count). The van der Waals surface area contributed by atoms with E-state index in [0.29, 0.717) is 22.3 Å². The van der Waals surface area contributed by atoms with Crippen molar-refractivity contribution in [1.29, 1.82) is 0 Å². The summed E-state index contributed by atoms with van der Waals surface area (Å²) in [5.41, 5.74) is -1.04. The maximum atomic E-state index is 12.3. The van der Waals surface area contributed by atoms with Gasteiger partial charge in [0.05, 0.1) is 25.0 Å². The highest BCUT2D eigenvalue weighted by Gasteiger charge is 2.28. The number of benzene rings is 2. The van der Waals surface area contributed by atoms with Crippen molar-refractivity contribution in [2.75, 3.05) is 0 Å². The number of carboxylic acid groups (broad SMARTS) is 4. The lowest BCUT2D eigenvalue weighted by molar-refractivity contribution is -0.145. The summed E-state index contributed by atoms with van der Waals surface area (Å²) in [7, 11) is 0. The fourth-order valence-electron chi connectivity index (χ4n) is 4.69. The van der Waals surface area contributed by atoms with Gasteiger partial charge < -0.3 is 50.7 Å². The SMILES string of the molecule is CC(C)Oc1ccc2c(Cl)nc(C(=O)N[C@@H](CC(=O)O)C(=O)O)c(O)c2c1.CC(C)Oc1ccc2c(Cl)nc(C(=O)N[C@H](CC(=O)O)C(=O)O)c(O)c2c1. The lowest BCUT2D eigenvalue weighted by atomic mass is 10.1. The predicted octanol–water partition coefficient (Wildman–Crippen LogP) is 4.08. The van der Waals surface area contributed by atoms with Crippen molar-refractivity contribution in [1.82, 2.24) is 20.6 Å². The van der Waals surface area contributed by atoms with Crippen molar-refractivity contribution in [3.8, 4) is 23.0 Å². The summed E-state index contributed by atoms with van der Waals surface area (Å²) in [6, 6.07) is 5.94. The van der Waals surface area contributed by atoms with E-state index in [-0.39, 0.29) is 33.3 Å². The molecule has 4 aromatic rings. The van der Waals surface area contributed by atoms with Crippen molar-refractivity contribution in [3.05, 3.63) is 58.1 Å². The zero-order chi connectivity index (χ0) is 40.6. The molecule has 0 saturated carbocycles. The monoisotopic (exact) mass is 792 g/mol. The van der Waals surface area contributed by atoms with Crippen molar-refractivity contribution >= 4 is 80.4 Å². The molecule has 0 saturated heterocycles. The topological polar surface area (TPSA) is 292 Å². The van der Waals surface area contributed by atoms with Gasteiger partial charge in [0.15, 0.2) is 22.9 Å².